The molecule has 0 spiro atoms. The Morgan fingerprint density at radius 1 is 1.33 bits per heavy atom. The molecule has 1 aromatic carbocycles. The predicted molar refractivity (Wildman–Crippen MR) is 84.2 cm³/mol. The van der Waals surface area contributed by atoms with Gasteiger partial charge in [0.2, 0.25) is 0 Å². The van der Waals surface area contributed by atoms with Crippen molar-refractivity contribution in [2.24, 2.45) is 0 Å². The molecule has 112 valence electrons. The molecule has 1 saturated heterocycles. The monoisotopic (exact) mass is 285 g/mol. The first-order valence-electron chi connectivity index (χ1n) is 7.75. The van der Waals surface area contributed by atoms with Crippen LogP contribution >= 0.6 is 0 Å². The fraction of sp³-hybridized carbons (Fsp3) is 0.471. The van der Waals surface area contributed by atoms with E-state index in [4.69, 9.17) is 4.74 Å². The van der Waals surface area contributed by atoms with Gasteiger partial charge >= 0.3 is 0 Å². The molecule has 1 aliphatic heterocycles. The highest BCUT2D eigenvalue weighted by molar-refractivity contribution is 5.61. The lowest BCUT2D eigenvalue weighted by Crippen LogP contribution is -2.31. The van der Waals surface area contributed by atoms with Crippen molar-refractivity contribution in [1.29, 1.82) is 0 Å². The molecule has 0 amide bonds. The van der Waals surface area contributed by atoms with Crippen LogP contribution in [0.3, 0.4) is 0 Å². The third-order valence-corrected chi connectivity index (χ3v) is 4.00. The minimum Gasteiger partial charge on any atom is -0.377 e. The number of benzene rings is 1. The van der Waals surface area contributed by atoms with Crippen LogP contribution in [0.2, 0.25) is 0 Å². The van der Waals surface area contributed by atoms with E-state index in [9.17, 15) is 0 Å². The van der Waals surface area contributed by atoms with Crippen molar-refractivity contribution < 1.29 is 4.74 Å². The van der Waals surface area contributed by atoms with Crippen molar-refractivity contribution in [2.45, 2.75) is 31.9 Å². The van der Waals surface area contributed by atoms with Gasteiger partial charge in [0.25, 0.3) is 0 Å². The fourth-order valence-corrected chi connectivity index (χ4v) is 2.71. The summed E-state index contributed by atoms with van der Waals surface area (Å²) in [6.45, 7) is 4.96. The molecule has 2 aromatic rings. The number of nitrogens with zero attached hydrogens (tertiary/aromatic N) is 2. The lowest BCUT2D eigenvalue weighted by molar-refractivity contribution is 0.109. The Hall–Kier alpha value is -1.65. The highest BCUT2D eigenvalue weighted by Gasteiger charge is 2.15. The molecule has 1 N–H and O–H groups in total. The van der Waals surface area contributed by atoms with Gasteiger partial charge in [-0.05, 0) is 25.3 Å². The van der Waals surface area contributed by atoms with E-state index in [1.165, 1.54) is 24.0 Å². The van der Waals surface area contributed by atoms with Crippen molar-refractivity contribution in [3.8, 4) is 11.1 Å². The Morgan fingerprint density at radius 3 is 2.95 bits per heavy atom. The molecule has 2 atom stereocenters. The Balaban J connectivity index is 1.53. The molecule has 2 unspecified atom stereocenters. The van der Waals surface area contributed by atoms with E-state index in [1.54, 1.807) is 0 Å². The van der Waals surface area contributed by atoms with Crippen LogP contribution in [-0.2, 0) is 4.74 Å². The van der Waals surface area contributed by atoms with Crippen molar-refractivity contribution in [2.75, 3.05) is 19.7 Å². The fourth-order valence-electron chi connectivity index (χ4n) is 2.71. The summed E-state index contributed by atoms with van der Waals surface area (Å²) in [5, 5.41) is 7.98. The molecule has 1 fully saturated rings. The maximum atomic E-state index is 5.62. The summed E-state index contributed by atoms with van der Waals surface area (Å²) in [6.07, 6.45) is 6.83. The van der Waals surface area contributed by atoms with Gasteiger partial charge < -0.3 is 10.1 Å². The van der Waals surface area contributed by atoms with E-state index in [0.29, 0.717) is 12.1 Å². The van der Waals surface area contributed by atoms with Crippen molar-refractivity contribution in [3.63, 3.8) is 0 Å². The summed E-state index contributed by atoms with van der Waals surface area (Å²) < 4.78 is 7.65. The molecule has 1 aliphatic rings. The van der Waals surface area contributed by atoms with Crippen molar-refractivity contribution in [3.05, 3.63) is 42.7 Å². The second-order valence-corrected chi connectivity index (χ2v) is 5.72. The number of hydrogen-bond acceptors (Lipinski definition) is 3. The van der Waals surface area contributed by atoms with Gasteiger partial charge in [0, 0.05) is 31.5 Å². The summed E-state index contributed by atoms with van der Waals surface area (Å²) in [7, 11) is 0. The van der Waals surface area contributed by atoms with Gasteiger partial charge in [0.1, 0.15) is 0 Å². The first-order valence-corrected chi connectivity index (χ1v) is 7.75. The largest absolute Gasteiger partial charge is 0.377 e. The molecule has 0 bridgehead atoms. The number of ether oxygens (including phenoxy) is 1. The molecule has 2 heterocycles. The zero-order valence-electron chi connectivity index (χ0n) is 12.5. The van der Waals surface area contributed by atoms with E-state index in [1.807, 2.05) is 16.9 Å². The van der Waals surface area contributed by atoms with Crippen LogP contribution in [-0.4, -0.2) is 35.6 Å². The van der Waals surface area contributed by atoms with Gasteiger partial charge in [-0.15, -0.1) is 0 Å². The summed E-state index contributed by atoms with van der Waals surface area (Å²) in [5.74, 6) is 0. The van der Waals surface area contributed by atoms with Gasteiger partial charge in [0.15, 0.2) is 0 Å². The lowest BCUT2D eigenvalue weighted by atomic mass is 10.1. The molecule has 0 radical (unpaired) electrons. The quantitative estimate of drug-likeness (QED) is 0.887. The number of aromatic nitrogens is 2. The smallest absolute Gasteiger partial charge is 0.0700 e. The number of hydrogen-bond donors (Lipinski definition) is 1. The Morgan fingerprint density at radius 2 is 2.19 bits per heavy atom. The lowest BCUT2D eigenvalue weighted by Gasteiger charge is -2.15. The minimum atomic E-state index is 0.337. The standard InChI is InChI=1S/C17H23N3O/c1-14(10-18-12-17-8-5-9-21-17)20-13-16(11-19-20)15-6-3-2-4-7-15/h2-4,6-7,11,13-14,17-18H,5,8-10,12H2,1H3. The molecule has 3 rings (SSSR count). The van der Waals surface area contributed by atoms with E-state index in [2.05, 4.69) is 47.8 Å². The van der Waals surface area contributed by atoms with Crippen LogP contribution in [0, 0.1) is 0 Å². The molecule has 4 heteroatoms. The molecule has 0 saturated carbocycles. The number of nitrogens with one attached hydrogen (secondary N) is 1. The average Bonchev–Trinajstić information content (AvgIpc) is 3.20. The molecule has 4 nitrogen and oxygen atoms in total. The summed E-state index contributed by atoms with van der Waals surface area (Å²) in [6, 6.07) is 10.7. The molecule has 1 aromatic heterocycles. The van der Waals surface area contributed by atoms with Gasteiger partial charge in [-0.25, -0.2) is 0 Å². The first-order chi connectivity index (χ1) is 10.3. The zero-order chi connectivity index (χ0) is 14.5. The van der Waals surface area contributed by atoms with Crippen LogP contribution in [0.25, 0.3) is 11.1 Å². The first kappa shape index (κ1) is 14.3. The molecule has 0 aliphatic carbocycles. The third kappa shape index (κ3) is 3.71. The Bertz CT molecular complexity index is 546. The van der Waals surface area contributed by atoms with Crippen LogP contribution in [0.1, 0.15) is 25.8 Å². The van der Waals surface area contributed by atoms with Crippen LogP contribution < -0.4 is 5.32 Å². The summed E-state index contributed by atoms with van der Waals surface area (Å²) in [4.78, 5) is 0. The van der Waals surface area contributed by atoms with Crippen LogP contribution in [0.4, 0.5) is 0 Å². The highest BCUT2D eigenvalue weighted by Crippen LogP contribution is 2.19. The third-order valence-electron chi connectivity index (χ3n) is 4.00. The van der Waals surface area contributed by atoms with E-state index in [-0.39, 0.29) is 0 Å². The van der Waals surface area contributed by atoms with Crippen LogP contribution in [0.15, 0.2) is 42.7 Å². The maximum absolute atomic E-state index is 5.62. The number of rotatable bonds is 6. The maximum Gasteiger partial charge on any atom is 0.0700 e. The van der Waals surface area contributed by atoms with Crippen molar-refractivity contribution >= 4 is 0 Å². The highest BCUT2D eigenvalue weighted by atomic mass is 16.5. The van der Waals surface area contributed by atoms with Gasteiger partial charge in [-0.1, -0.05) is 30.3 Å². The van der Waals surface area contributed by atoms with Crippen molar-refractivity contribution in [1.82, 2.24) is 15.1 Å². The van der Waals surface area contributed by atoms with Gasteiger partial charge in [0.05, 0.1) is 18.3 Å². The topological polar surface area (TPSA) is 39.1 Å². The minimum absolute atomic E-state index is 0.337. The normalized spacial score (nSPS) is 19.8. The average molecular weight is 285 g/mol. The van der Waals surface area contributed by atoms with Gasteiger partial charge in [-0.3, -0.25) is 4.68 Å². The Labute approximate surface area is 126 Å². The molecule has 21 heavy (non-hydrogen) atoms. The second kappa shape index (κ2) is 6.87. The van der Waals surface area contributed by atoms with Gasteiger partial charge in [-0.2, -0.15) is 5.10 Å². The zero-order valence-corrected chi connectivity index (χ0v) is 12.5. The Kier molecular flexibility index (Phi) is 4.68. The van der Waals surface area contributed by atoms with Crippen LogP contribution in [0.5, 0.6) is 0 Å². The second-order valence-electron chi connectivity index (χ2n) is 5.72. The predicted octanol–water partition coefficient (Wildman–Crippen LogP) is 2.88. The molecular weight excluding hydrogens is 262 g/mol. The van der Waals surface area contributed by atoms with E-state index < -0.39 is 0 Å². The SMILES string of the molecule is CC(CNCC1CCCO1)n1cc(-c2ccccc2)cn1. The van der Waals surface area contributed by atoms with E-state index in [0.717, 1.165) is 19.7 Å². The van der Waals surface area contributed by atoms with E-state index >= 15 is 0 Å². The molecular formula is C17H23N3O. The summed E-state index contributed by atoms with van der Waals surface area (Å²) in [5.41, 5.74) is 2.38. The summed E-state index contributed by atoms with van der Waals surface area (Å²) >= 11 is 0.